The summed E-state index contributed by atoms with van der Waals surface area (Å²) in [6, 6.07) is 4.14. The summed E-state index contributed by atoms with van der Waals surface area (Å²) in [6.45, 7) is 0.583. The predicted molar refractivity (Wildman–Crippen MR) is 73.0 cm³/mol. The zero-order valence-corrected chi connectivity index (χ0v) is 12.2. The number of amides is 1. The van der Waals surface area contributed by atoms with Crippen molar-refractivity contribution in [1.29, 1.82) is 0 Å². The first-order chi connectivity index (χ1) is 8.49. The van der Waals surface area contributed by atoms with Crippen LogP contribution in [0.5, 0.6) is 0 Å². The molecule has 1 aliphatic rings. The van der Waals surface area contributed by atoms with Crippen molar-refractivity contribution in [2.24, 2.45) is 5.92 Å². The van der Waals surface area contributed by atoms with Crippen molar-refractivity contribution in [3.63, 3.8) is 0 Å². The number of benzene rings is 1. The monoisotopic (exact) mass is 351 g/mol. The third kappa shape index (κ3) is 3.45. The number of carboxylic acid groups (broad SMARTS) is 1. The van der Waals surface area contributed by atoms with Gasteiger partial charge in [-0.15, -0.1) is 12.4 Å². The van der Waals surface area contributed by atoms with E-state index in [2.05, 4.69) is 15.9 Å². The summed E-state index contributed by atoms with van der Waals surface area (Å²) in [7, 11) is 0. The number of hydrogen-bond donors (Lipinski definition) is 1. The van der Waals surface area contributed by atoms with E-state index in [9.17, 15) is 14.0 Å². The Bertz CT molecular complexity index is 512. The van der Waals surface area contributed by atoms with E-state index in [1.54, 1.807) is 0 Å². The van der Waals surface area contributed by atoms with Gasteiger partial charge in [0, 0.05) is 18.7 Å². The lowest BCUT2D eigenvalue weighted by Crippen LogP contribution is -2.30. The van der Waals surface area contributed by atoms with Gasteiger partial charge in [0.2, 0.25) is 0 Å². The van der Waals surface area contributed by atoms with Crippen molar-refractivity contribution in [3.8, 4) is 0 Å². The number of hydrogen-bond acceptors (Lipinski definition) is 2. The van der Waals surface area contributed by atoms with E-state index < -0.39 is 17.7 Å². The molecule has 1 aromatic rings. The number of rotatable bonds is 2. The summed E-state index contributed by atoms with van der Waals surface area (Å²) in [5.74, 6) is -2.25. The molecule has 1 fully saturated rings. The molecule has 1 unspecified atom stereocenters. The number of nitrogens with zero attached hydrogens (tertiary/aromatic N) is 1. The lowest BCUT2D eigenvalue weighted by atomic mass is 10.1. The van der Waals surface area contributed by atoms with Gasteiger partial charge in [0.15, 0.2) is 0 Å². The van der Waals surface area contributed by atoms with Gasteiger partial charge < -0.3 is 10.0 Å². The minimum absolute atomic E-state index is 0. The topological polar surface area (TPSA) is 57.6 Å². The number of carbonyl (C=O) groups is 2. The molecule has 1 heterocycles. The van der Waals surface area contributed by atoms with E-state index >= 15 is 0 Å². The van der Waals surface area contributed by atoms with E-state index in [4.69, 9.17) is 5.11 Å². The van der Waals surface area contributed by atoms with Gasteiger partial charge in [0.1, 0.15) is 5.82 Å². The van der Waals surface area contributed by atoms with Crippen molar-refractivity contribution in [2.45, 2.75) is 6.42 Å². The lowest BCUT2D eigenvalue weighted by molar-refractivity contribution is -0.141. The molecule has 1 aromatic carbocycles. The van der Waals surface area contributed by atoms with E-state index in [1.165, 1.54) is 17.0 Å². The largest absolute Gasteiger partial charge is 0.481 e. The van der Waals surface area contributed by atoms with Crippen molar-refractivity contribution < 1.29 is 19.1 Å². The third-order valence-corrected chi connectivity index (χ3v) is 3.63. The standard InChI is InChI=1S/C12H11BrFNO3.ClH/c13-9-2-1-7(5-10(9)14)11(16)15-4-3-8(6-15)12(17)18;/h1-2,5,8H,3-4,6H2,(H,17,18);1H. The van der Waals surface area contributed by atoms with E-state index in [0.29, 0.717) is 17.4 Å². The Hall–Kier alpha value is -1.14. The highest BCUT2D eigenvalue weighted by Gasteiger charge is 2.31. The maximum Gasteiger partial charge on any atom is 0.308 e. The number of carboxylic acids is 1. The van der Waals surface area contributed by atoms with Crippen LogP contribution in [0.15, 0.2) is 22.7 Å². The van der Waals surface area contributed by atoms with Gasteiger partial charge in [-0.3, -0.25) is 9.59 Å². The second-order valence-corrected chi connectivity index (χ2v) is 5.06. The summed E-state index contributed by atoms with van der Waals surface area (Å²) in [5, 5.41) is 8.86. The van der Waals surface area contributed by atoms with Crippen LogP contribution in [0.1, 0.15) is 16.8 Å². The van der Waals surface area contributed by atoms with Crippen LogP contribution >= 0.6 is 28.3 Å². The van der Waals surface area contributed by atoms with E-state index in [0.717, 1.165) is 6.07 Å². The van der Waals surface area contributed by atoms with Crippen molar-refractivity contribution in [3.05, 3.63) is 34.1 Å². The molecule has 0 aromatic heterocycles. The quantitative estimate of drug-likeness (QED) is 0.890. The molecule has 1 saturated heterocycles. The SMILES string of the molecule is Cl.O=C(O)C1CCN(C(=O)c2ccc(Br)c(F)c2)C1. The van der Waals surface area contributed by atoms with Crippen LogP contribution in [0, 0.1) is 11.7 Å². The fraction of sp³-hybridized carbons (Fsp3) is 0.333. The van der Waals surface area contributed by atoms with Crippen molar-refractivity contribution >= 4 is 40.2 Å². The summed E-state index contributed by atoms with van der Waals surface area (Å²) in [6.07, 6.45) is 0.445. The van der Waals surface area contributed by atoms with Gasteiger partial charge in [-0.05, 0) is 40.5 Å². The Kier molecular flexibility index (Phi) is 5.31. The lowest BCUT2D eigenvalue weighted by Gasteiger charge is -2.15. The molecule has 104 valence electrons. The first kappa shape index (κ1) is 15.9. The van der Waals surface area contributed by atoms with Gasteiger partial charge in [0.05, 0.1) is 10.4 Å². The molecule has 1 amide bonds. The molecule has 0 spiro atoms. The van der Waals surface area contributed by atoms with Crippen LogP contribution in [-0.4, -0.2) is 35.0 Å². The molecule has 2 rings (SSSR count). The second-order valence-electron chi connectivity index (χ2n) is 4.20. The molecular formula is C12H12BrClFNO3. The molecule has 1 aliphatic heterocycles. The maximum absolute atomic E-state index is 13.3. The Morgan fingerprint density at radius 1 is 1.42 bits per heavy atom. The van der Waals surface area contributed by atoms with Crippen LogP contribution in [0.2, 0.25) is 0 Å². The van der Waals surface area contributed by atoms with Gasteiger partial charge in [-0.2, -0.15) is 0 Å². The minimum atomic E-state index is -0.896. The molecule has 0 aliphatic carbocycles. The first-order valence-electron chi connectivity index (χ1n) is 5.46. The van der Waals surface area contributed by atoms with Crippen LogP contribution in [0.25, 0.3) is 0 Å². The van der Waals surface area contributed by atoms with Gasteiger partial charge >= 0.3 is 5.97 Å². The highest BCUT2D eigenvalue weighted by Crippen LogP contribution is 2.21. The molecule has 19 heavy (non-hydrogen) atoms. The highest BCUT2D eigenvalue weighted by molar-refractivity contribution is 9.10. The summed E-state index contributed by atoms with van der Waals surface area (Å²) in [5.41, 5.74) is 0.238. The smallest absolute Gasteiger partial charge is 0.308 e. The fourth-order valence-electron chi connectivity index (χ4n) is 1.96. The molecular weight excluding hydrogens is 340 g/mol. The Labute approximate surface area is 124 Å². The molecule has 0 bridgehead atoms. The van der Waals surface area contributed by atoms with Crippen LogP contribution in [-0.2, 0) is 4.79 Å². The average molecular weight is 353 g/mol. The Balaban J connectivity index is 0.00000180. The molecule has 1 atom stereocenters. The Morgan fingerprint density at radius 3 is 2.63 bits per heavy atom. The normalized spacial score (nSPS) is 18.0. The molecule has 1 N–H and O–H groups in total. The average Bonchev–Trinajstić information content (AvgIpc) is 2.81. The number of carbonyl (C=O) groups excluding carboxylic acids is 1. The zero-order valence-electron chi connectivity index (χ0n) is 9.81. The predicted octanol–water partition coefficient (Wildman–Crippen LogP) is 2.56. The van der Waals surface area contributed by atoms with Crippen molar-refractivity contribution in [1.82, 2.24) is 4.90 Å². The van der Waals surface area contributed by atoms with Gasteiger partial charge in [-0.25, -0.2) is 4.39 Å². The summed E-state index contributed by atoms with van der Waals surface area (Å²) in [4.78, 5) is 24.3. The molecule has 7 heteroatoms. The van der Waals surface area contributed by atoms with E-state index in [-0.39, 0.29) is 30.4 Å². The fourth-order valence-corrected chi connectivity index (χ4v) is 2.20. The summed E-state index contributed by atoms with van der Waals surface area (Å²) < 4.78 is 13.6. The highest BCUT2D eigenvalue weighted by atomic mass is 79.9. The van der Waals surface area contributed by atoms with Crippen LogP contribution in [0.4, 0.5) is 4.39 Å². The van der Waals surface area contributed by atoms with E-state index in [1.807, 2.05) is 0 Å². The number of halogens is 3. The van der Waals surface area contributed by atoms with Crippen molar-refractivity contribution in [2.75, 3.05) is 13.1 Å². The van der Waals surface area contributed by atoms with Crippen LogP contribution < -0.4 is 0 Å². The minimum Gasteiger partial charge on any atom is -0.481 e. The number of aliphatic carboxylic acids is 1. The number of likely N-dealkylation sites (tertiary alicyclic amines) is 1. The molecule has 0 radical (unpaired) electrons. The second kappa shape index (κ2) is 6.34. The Morgan fingerprint density at radius 2 is 2.11 bits per heavy atom. The van der Waals surface area contributed by atoms with Gasteiger partial charge in [0.25, 0.3) is 5.91 Å². The third-order valence-electron chi connectivity index (χ3n) is 2.99. The molecule has 4 nitrogen and oxygen atoms in total. The molecule has 0 saturated carbocycles. The maximum atomic E-state index is 13.3. The first-order valence-corrected chi connectivity index (χ1v) is 6.25. The summed E-state index contributed by atoms with van der Waals surface area (Å²) >= 11 is 3.01. The van der Waals surface area contributed by atoms with Gasteiger partial charge in [-0.1, -0.05) is 0 Å². The zero-order chi connectivity index (χ0) is 13.3. The van der Waals surface area contributed by atoms with Crippen LogP contribution in [0.3, 0.4) is 0 Å².